The van der Waals surface area contributed by atoms with Crippen LogP contribution in [0.4, 0.5) is 0 Å². The number of rotatable bonds is 4. The lowest BCUT2D eigenvalue weighted by molar-refractivity contribution is -0.0749. The zero-order valence-electron chi connectivity index (χ0n) is 11.5. The first kappa shape index (κ1) is 13.0. The molecule has 2 aliphatic heterocycles. The number of nitrogens with zero attached hydrogens (tertiary/aromatic N) is 2. The Morgan fingerprint density at radius 3 is 3.26 bits per heavy atom. The lowest BCUT2D eigenvalue weighted by Gasteiger charge is -2.32. The average molecular weight is 262 g/mol. The third kappa shape index (κ3) is 2.81. The Labute approximate surface area is 114 Å². The molecule has 2 aliphatic rings. The van der Waals surface area contributed by atoms with Crippen molar-refractivity contribution < 1.29 is 9.47 Å². The van der Waals surface area contributed by atoms with E-state index in [9.17, 15) is 0 Å². The largest absolute Gasteiger partial charge is 0.374 e. The highest BCUT2D eigenvalue weighted by atomic mass is 16.5. The quantitative estimate of drug-likeness (QED) is 0.829. The van der Waals surface area contributed by atoms with Gasteiger partial charge in [0.25, 0.3) is 0 Å². The molecule has 1 aromatic heterocycles. The molecular formula is C15H22N2O2. The zero-order valence-corrected chi connectivity index (χ0v) is 11.5. The number of aromatic nitrogens is 1. The van der Waals surface area contributed by atoms with Crippen LogP contribution in [0.1, 0.15) is 25.3 Å². The Kier molecular flexibility index (Phi) is 4.11. The summed E-state index contributed by atoms with van der Waals surface area (Å²) in [5.74, 6) is 0. The molecule has 0 aliphatic carbocycles. The molecule has 3 rings (SSSR count). The Hall–Kier alpha value is -0.970. The first-order valence-corrected chi connectivity index (χ1v) is 7.24. The van der Waals surface area contributed by atoms with Crippen LogP contribution >= 0.6 is 0 Å². The molecule has 1 aromatic rings. The van der Waals surface area contributed by atoms with Crippen LogP contribution in [0.5, 0.6) is 0 Å². The summed E-state index contributed by atoms with van der Waals surface area (Å²) in [6.45, 7) is 5.62. The Morgan fingerprint density at radius 1 is 1.53 bits per heavy atom. The maximum absolute atomic E-state index is 5.95. The summed E-state index contributed by atoms with van der Waals surface area (Å²) in [6, 6.07) is 4.64. The monoisotopic (exact) mass is 262 g/mol. The molecule has 0 amide bonds. The number of hydrogen-bond donors (Lipinski definition) is 0. The van der Waals surface area contributed by atoms with Gasteiger partial charge >= 0.3 is 0 Å². The summed E-state index contributed by atoms with van der Waals surface area (Å²) in [4.78, 5) is 6.70. The van der Waals surface area contributed by atoms with Crippen molar-refractivity contribution in [2.24, 2.45) is 0 Å². The van der Waals surface area contributed by atoms with Gasteiger partial charge in [-0.1, -0.05) is 6.07 Å². The highest BCUT2D eigenvalue weighted by molar-refractivity contribution is 5.10. The molecule has 0 spiro atoms. The van der Waals surface area contributed by atoms with Crippen LogP contribution in [-0.4, -0.2) is 47.9 Å². The molecule has 2 fully saturated rings. The molecule has 0 aromatic carbocycles. The fourth-order valence-electron chi connectivity index (χ4n) is 3.27. The topological polar surface area (TPSA) is 34.6 Å². The van der Waals surface area contributed by atoms with Gasteiger partial charge in [0.2, 0.25) is 0 Å². The van der Waals surface area contributed by atoms with Crippen molar-refractivity contribution in [3.63, 3.8) is 0 Å². The van der Waals surface area contributed by atoms with E-state index in [1.165, 1.54) is 12.0 Å². The summed E-state index contributed by atoms with van der Waals surface area (Å²) >= 11 is 0. The van der Waals surface area contributed by atoms with Crippen molar-refractivity contribution >= 4 is 0 Å². The first-order chi connectivity index (χ1) is 9.38. The van der Waals surface area contributed by atoms with Gasteiger partial charge < -0.3 is 9.47 Å². The van der Waals surface area contributed by atoms with E-state index in [4.69, 9.17) is 9.47 Å². The van der Waals surface area contributed by atoms with Crippen molar-refractivity contribution in [3.05, 3.63) is 30.1 Å². The van der Waals surface area contributed by atoms with Gasteiger partial charge in [-0.25, -0.2) is 0 Å². The van der Waals surface area contributed by atoms with Gasteiger partial charge in [-0.15, -0.1) is 0 Å². The van der Waals surface area contributed by atoms with Crippen LogP contribution in [0.3, 0.4) is 0 Å². The second-order valence-electron chi connectivity index (χ2n) is 5.33. The summed E-state index contributed by atoms with van der Waals surface area (Å²) < 4.78 is 11.8. The molecule has 4 nitrogen and oxygen atoms in total. The van der Waals surface area contributed by atoms with Gasteiger partial charge in [-0.2, -0.15) is 0 Å². The SMILES string of the molecule is CCO[C@H]1CN(Cc2cccnc2)[C@@H]2CCCO[C@H]12. The maximum Gasteiger partial charge on any atom is 0.100 e. The molecule has 0 N–H and O–H groups in total. The number of ether oxygens (including phenoxy) is 2. The third-order valence-electron chi connectivity index (χ3n) is 4.07. The number of likely N-dealkylation sites (tertiary alicyclic amines) is 1. The van der Waals surface area contributed by atoms with Crippen LogP contribution in [0.25, 0.3) is 0 Å². The molecule has 3 heterocycles. The molecule has 0 saturated carbocycles. The minimum absolute atomic E-state index is 0.229. The van der Waals surface area contributed by atoms with Crippen LogP contribution in [0.15, 0.2) is 24.5 Å². The van der Waals surface area contributed by atoms with Gasteiger partial charge in [-0.3, -0.25) is 9.88 Å². The van der Waals surface area contributed by atoms with Crippen molar-refractivity contribution in [2.45, 2.75) is 44.6 Å². The van der Waals surface area contributed by atoms with E-state index in [1.807, 2.05) is 18.5 Å². The van der Waals surface area contributed by atoms with E-state index in [-0.39, 0.29) is 12.2 Å². The second-order valence-corrected chi connectivity index (χ2v) is 5.33. The first-order valence-electron chi connectivity index (χ1n) is 7.24. The molecule has 104 valence electrons. The summed E-state index contributed by atoms with van der Waals surface area (Å²) in [5.41, 5.74) is 1.27. The second kappa shape index (κ2) is 5.99. The number of hydrogen-bond acceptors (Lipinski definition) is 4. The smallest absolute Gasteiger partial charge is 0.100 e. The van der Waals surface area contributed by atoms with Crippen LogP contribution in [0, 0.1) is 0 Å². The van der Waals surface area contributed by atoms with Gasteiger partial charge in [-0.05, 0) is 31.4 Å². The third-order valence-corrected chi connectivity index (χ3v) is 4.07. The summed E-state index contributed by atoms with van der Waals surface area (Å²) in [5, 5.41) is 0. The molecule has 3 atom stereocenters. The minimum Gasteiger partial charge on any atom is -0.374 e. The van der Waals surface area contributed by atoms with Crippen molar-refractivity contribution in [2.75, 3.05) is 19.8 Å². The Morgan fingerprint density at radius 2 is 2.47 bits per heavy atom. The number of pyridine rings is 1. The molecular weight excluding hydrogens is 240 g/mol. The van der Waals surface area contributed by atoms with E-state index < -0.39 is 0 Å². The summed E-state index contributed by atoms with van der Waals surface area (Å²) in [6.07, 6.45) is 6.63. The van der Waals surface area contributed by atoms with E-state index >= 15 is 0 Å². The van der Waals surface area contributed by atoms with E-state index in [1.54, 1.807) is 0 Å². The van der Waals surface area contributed by atoms with E-state index in [0.29, 0.717) is 6.04 Å². The van der Waals surface area contributed by atoms with Gasteiger partial charge in [0.15, 0.2) is 0 Å². The molecule has 0 unspecified atom stereocenters. The predicted octanol–water partition coefficient (Wildman–Crippen LogP) is 1.85. The Balaban J connectivity index is 1.70. The van der Waals surface area contributed by atoms with Crippen LogP contribution in [0.2, 0.25) is 0 Å². The van der Waals surface area contributed by atoms with Crippen LogP contribution < -0.4 is 0 Å². The minimum atomic E-state index is 0.229. The van der Waals surface area contributed by atoms with Crippen molar-refractivity contribution in [3.8, 4) is 0 Å². The zero-order chi connectivity index (χ0) is 13.1. The highest BCUT2D eigenvalue weighted by Crippen LogP contribution is 2.31. The van der Waals surface area contributed by atoms with E-state index in [2.05, 4.69) is 22.9 Å². The van der Waals surface area contributed by atoms with Crippen molar-refractivity contribution in [1.29, 1.82) is 0 Å². The predicted molar refractivity (Wildman–Crippen MR) is 72.8 cm³/mol. The maximum atomic E-state index is 5.95. The molecule has 2 saturated heterocycles. The molecule has 19 heavy (non-hydrogen) atoms. The highest BCUT2D eigenvalue weighted by Gasteiger charge is 2.44. The lowest BCUT2D eigenvalue weighted by atomic mass is 10.0. The number of fused-ring (bicyclic) bond motifs is 1. The van der Waals surface area contributed by atoms with Crippen LogP contribution in [-0.2, 0) is 16.0 Å². The lowest BCUT2D eigenvalue weighted by Crippen LogP contribution is -2.41. The van der Waals surface area contributed by atoms with Gasteiger partial charge in [0.05, 0.1) is 6.10 Å². The van der Waals surface area contributed by atoms with Gasteiger partial charge in [0.1, 0.15) is 6.10 Å². The fraction of sp³-hybridized carbons (Fsp3) is 0.667. The standard InChI is InChI=1S/C15H22N2O2/c1-2-18-14-11-17(10-12-5-3-7-16-9-12)13-6-4-8-19-15(13)14/h3,5,7,9,13-15H,2,4,6,8,10-11H2,1H3/t13-,14+,15+/m1/s1. The Bertz CT molecular complexity index is 398. The van der Waals surface area contributed by atoms with Crippen molar-refractivity contribution in [1.82, 2.24) is 9.88 Å². The summed E-state index contributed by atoms with van der Waals surface area (Å²) in [7, 11) is 0. The van der Waals surface area contributed by atoms with Gasteiger partial charge in [0, 0.05) is 44.7 Å². The fourth-order valence-corrected chi connectivity index (χ4v) is 3.27. The molecule has 0 radical (unpaired) electrons. The molecule has 0 bridgehead atoms. The molecule has 4 heteroatoms. The average Bonchev–Trinajstić information content (AvgIpc) is 2.79. The normalized spacial score (nSPS) is 31.3. The van der Waals surface area contributed by atoms with E-state index in [0.717, 1.165) is 32.7 Å².